The highest BCUT2D eigenvalue weighted by Crippen LogP contribution is 2.49. The van der Waals surface area contributed by atoms with Gasteiger partial charge in [0.1, 0.15) is 0 Å². The largest absolute Gasteiger partial charge is 0.326 e. The summed E-state index contributed by atoms with van der Waals surface area (Å²) in [6.07, 6.45) is 4.77. The maximum atomic E-state index is 13.2. The van der Waals surface area contributed by atoms with Gasteiger partial charge in [-0.15, -0.1) is 0 Å². The predicted octanol–water partition coefficient (Wildman–Crippen LogP) is 5.87. The highest BCUT2D eigenvalue weighted by atomic mass is 35.5. The number of hydrogen-bond acceptors (Lipinski definition) is 4. The lowest BCUT2D eigenvalue weighted by atomic mass is 10.2. The highest BCUT2D eigenvalue weighted by molar-refractivity contribution is 8.00. The van der Waals surface area contributed by atoms with Crippen molar-refractivity contribution in [3.05, 3.63) is 59.9 Å². The molecule has 27 heavy (non-hydrogen) atoms. The highest BCUT2D eigenvalue weighted by Gasteiger charge is 2.28. The van der Waals surface area contributed by atoms with Crippen LogP contribution in [0.3, 0.4) is 0 Å². The molecule has 2 heterocycles. The van der Waals surface area contributed by atoms with Gasteiger partial charge in [-0.1, -0.05) is 54.2 Å². The number of aryl methyl sites for hydroxylation is 1. The molecule has 3 aromatic rings. The third-order valence-electron chi connectivity index (χ3n) is 4.20. The molecular formula is C20H18ClN3OS2. The van der Waals surface area contributed by atoms with Crippen molar-refractivity contribution in [2.24, 2.45) is 0 Å². The first-order chi connectivity index (χ1) is 13.2. The molecule has 0 N–H and O–H groups in total. The summed E-state index contributed by atoms with van der Waals surface area (Å²) in [4.78, 5) is 21.5. The molecule has 1 amide bonds. The number of para-hydroxylation sites is 1. The van der Waals surface area contributed by atoms with Crippen LogP contribution in [0.15, 0.2) is 69.8 Å². The van der Waals surface area contributed by atoms with Crippen molar-refractivity contribution in [3.63, 3.8) is 0 Å². The summed E-state index contributed by atoms with van der Waals surface area (Å²) in [5.41, 5.74) is 1.74. The first-order valence-electron chi connectivity index (χ1n) is 8.70. The number of anilines is 2. The minimum absolute atomic E-state index is 0.0160. The quantitative estimate of drug-likeness (QED) is 0.488. The molecule has 0 fully saturated rings. The van der Waals surface area contributed by atoms with Gasteiger partial charge in [-0.3, -0.25) is 9.69 Å². The average molecular weight is 416 g/mol. The molecule has 138 valence electrons. The molecule has 1 aliphatic rings. The summed E-state index contributed by atoms with van der Waals surface area (Å²) in [5, 5.41) is 1.49. The van der Waals surface area contributed by atoms with Crippen LogP contribution in [-0.4, -0.2) is 21.2 Å². The van der Waals surface area contributed by atoms with E-state index >= 15 is 0 Å². The van der Waals surface area contributed by atoms with Gasteiger partial charge in [-0.25, -0.2) is 4.98 Å². The van der Waals surface area contributed by atoms with E-state index in [9.17, 15) is 4.79 Å². The van der Waals surface area contributed by atoms with Crippen LogP contribution in [0.25, 0.3) is 0 Å². The Bertz CT molecular complexity index is 989. The molecule has 0 saturated carbocycles. The van der Waals surface area contributed by atoms with Crippen LogP contribution >= 0.6 is 35.1 Å². The second-order valence-corrected chi connectivity index (χ2v) is 8.57. The van der Waals surface area contributed by atoms with Crippen LogP contribution in [0.1, 0.15) is 13.3 Å². The van der Waals surface area contributed by atoms with Crippen molar-refractivity contribution < 1.29 is 4.79 Å². The third-order valence-corrected chi connectivity index (χ3v) is 6.56. The Labute approximate surface area is 171 Å². The molecule has 0 spiro atoms. The molecule has 1 aromatic heterocycles. The van der Waals surface area contributed by atoms with E-state index in [2.05, 4.69) is 16.5 Å². The molecule has 0 atom stereocenters. The van der Waals surface area contributed by atoms with Gasteiger partial charge in [0, 0.05) is 33.8 Å². The number of halogens is 1. The molecule has 1 aliphatic heterocycles. The zero-order valence-electron chi connectivity index (χ0n) is 14.8. The van der Waals surface area contributed by atoms with Crippen LogP contribution < -0.4 is 4.90 Å². The first kappa shape index (κ1) is 18.5. The Morgan fingerprint density at radius 3 is 2.85 bits per heavy atom. The molecule has 7 heteroatoms. The lowest BCUT2D eigenvalue weighted by molar-refractivity contribution is -0.115. The summed E-state index contributed by atoms with van der Waals surface area (Å²) in [7, 11) is 0. The molecule has 0 aliphatic carbocycles. The zero-order valence-corrected chi connectivity index (χ0v) is 17.2. The zero-order chi connectivity index (χ0) is 18.8. The number of fused-ring (bicyclic) bond motifs is 2. The maximum absolute atomic E-state index is 13.2. The maximum Gasteiger partial charge on any atom is 0.242 e. The fourth-order valence-corrected chi connectivity index (χ4v) is 5.07. The second kappa shape index (κ2) is 8.00. The number of rotatable bonds is 5. The van der Waals surface area contributed by atoms with Gasteiger partial charge in [0.15, 0.2) is 5.16 Å². The summed E-state index contributed by atoms with van der Waals surface area (Å²) in [6.45, 7) is 3.03. The van der Waals surface area contributed by atoms with Gasteiger partial charge in [0.25, 0.3) is 0 Å². The van der Waals surface area contributed by atoms with Crippen LogP contribution in [0, 0.1) is 0 Å². The molecule has 0 unspecified atom stereocenters. The molecule has 0 radical (unpaired) electrons. The lowest BCUT2D eigenvalue weighted by Gasteiger charge is -2.31. The summed E-state index contributed by atoms with van der Waals surface area (Å²) in [6, 6.07) is 13.7. The van der Waals surface area contributed by atoms with Crippen molar-refractivity contribution in [3.8, 4) is 0 Å². The first-order valence-corrected chi connectivity index (χ1v) is 10.9. The van der Waals surface area contributed by atoms with Crippen LogP contribution in [0.5, 0.6) is 0 Å². The third kappa shape index (κ3) is 3.74. The lowest BCUT2D eigenvalue weighted by Crippen LogP contribution is -2.30. The molecule has 4 rings (SSSR count). The molecule has 2 aromatic carbocycles. The number of benzene rings is 2. The van der Waals surface area contributed by atoms with Crippen molar-refractivity contribution in [1.82, 2.24) is 9.55 Å². The summed E-state index contributed by atoms with van der Waals surface area (Å²) < 4.78 is 2.09. The van der Waals surface area contributed by atoms with E-state index in [1.807, 2.05) is 48.7 Å². The van der Waals surface area contributed by atoms with Crippen molar-refractivity contribution in [2.75, 3.05) is 10.7 Å². The fraction of sp³-hybridized carbons (Fsp3) is 0.200. The van der Waals surface area contributed by atoms with Gasteiger partial charge in [-0.05, 0) is 36.8 Å². The van der Waals surface area contributed by atoms with E-state index in [1.165, 1.54) is 11.8 Å². The minimum Gasteiger partial charge on any atom is -0.326 e. The standard InChI is InChI=1S/C20H18ClN3OS2/c1-2-10-23-11-9-22-20(23)26-13-19(25)24-15-5-3-4-6-17(15)27-18-8-7-14(21)12-16(18)24/h3-9,11-12H,2,10,13H2,1H3. The number of thioether (sulfide) groups is 1. The van der Waals surface area contributed by atoms with E-state index in [-0.39, 0.29) is 5.91 Å². The van der Waals surface area contributed by atoms with Gasteiger partial charge < -0.3 is 4.57 Å². The van der Waals surface area contributed by atoms with Gasteiger partial charge in [0.2, 0.25) is 5.91 Å². The van der Waals surface area contributed by atoms with Gasteiger partial charge in [-0.2, -0.15) is 0 Å². The number of aromatic nitrogens is 2. The normalized spacial score (nSPS) is 12.6. The van der Waals surface area contributed by atoms with Crippen molar-refractivity contribution >= 4 is 52.4 Å². The number of imidazole rings is 1. The number of amides is 1. The SMILES string of the molecule is CCCn1ccnc1SCC(=O)N1c2ccccc2Sc2ccc(Cl)cc21. The van der Waals surface area contributed by atoms with E-state index < -0.39 is 0 Å². The molecule has 0 saturated heterocycles. The van der Waals surface area contributed by atoms with Crippen LogP contribution in [0.4, 0.5) is 11.4 Å². The van der Waals surface area contributed by atoms with Crippen LogP contribution in [-0.2, 0) is 11.3 Å². The smallest absolute Gasteiger partial charge is 0.242 e. The molecular weight excluding hydrogens is 398 g/mol. The van der Waals surface area contributed by atoms with Crippen molar-refractivity contribution in [2.45, 2.75) is 34.8 Å². The Morgan fingerprint density at radius 1 is 1.19 bits per heavy atom. The number of hydrogen-bond donors (Lipinski definition) is 0. The Hall–Kier alpha value is -1.89. The summed E-state index contributed by atoms with van der Waals surface area (Å²) in [5.74, 6) is 0.327. The van der Waals surface area contributed by atoms with Gasteiger partial charge in [0.05, 0.1) is 17.1 Å². The van der Waals surface area contributed by atoms with E-state index in [4.69, 9.17) is 11.6 Å². The van der Waals surface area contributed by atoms with E-state index in [1.54, 1.807) is 22.9 Å². The van der Waals surface area contributed by atoms with Crippen LogP contribution in [0.2, 0.25) is 5.02 Å². The van der Waals surface area contributed by atoms with Gasteiger partial charge >= 0.3 is 0 Å². The number of carbonyl (C=O) groups excluding carboxylic acids is 1. The predicted molar refractivity (Wildman–Crippen MR) is 112 cm³/mol. The second-order valence-electron chi connectivity index (χ2n) is 6.10. The number of carbonyl (C=O) groups is 1. The topological polar surface area (TPSA) is 38.1 Å². The Morgan fingerprint density at radius 2 is 2.00 bits per heavy atom. The van der Waals surface area contributed by atoms with E-state index in [0.29, 0.717) is 10.8 Å². The molecule has 0 bridgehead atoms. The molecule has 4 nitrogen and oxygen atoms in total. The Kier molecular flexibility index (Phi) is 5.48. The average Bonchev–Trinajstić information content (AvgIpc) is 3.12. The summed E-state index contributed by atoms with van der Waals surface area (Å²) >= 11 is 9.35. The van der Waals surface area contributed by atoms with E-state index in [0.717, 1.165) is 39.3 Å². The Balaban J connectivity index is 1.63. The fourth-order valence-electron chi connectivity index (χ4n) is 3.03. The minimum atomic E-state index is 0.0160. The van der Waals surface area contributed by atoms with Crippen molar-refractivity contribution in [1.29, 1.82) is 0 Å². The monoisotopic (exact) mass is 415 g/mol. The number of nitrogens with zero attached hydrogens (tertiary/aromatic N) is 3.